The van der Waals surface area contributed by atoms with Crippen LogP contribution in [0.4, 0.5) is 0 Å². The Hall–Kier alpha value is -1.30. The number of carbonyl (C=O) groups is 1. The van der Waals surface area contributed by atoms with Gasteiger partial charge in [0.15, 0.2) is 5.96 Å². The molecule has 0 aromatic heterocycles. The Kier molecular flexibility index (Phi) is 9.14. The van der Waals surface area contributed by atoms with Crippen LogP contribution in [-0.2, 0) is 4.79 Å². The molecule has 0 heterocycles. The number of amides is 1. The van der Waals surface area contributed by atoms with Gasteiger partial charge in [-0.1, -0.05) is 0 Å². The van der Waals surface area contributed by atoms with E-state index in [0.717, 1.165) is 25.3 Å². The van der Waals surface area contributed by atoms with Crippen molar-refractivity contribution in [3.63, 3.8) is 0 Å². The number of aliphatic imine (C=N–C) groups is 1. The summed E-state index contributed by atoms with van der Waals surface area (Å²) >= 11 is 0. The number of likely N-dealkylation sites (N-methyl/N-ethyl adjacent to an activating group) is 2. The predicted octanol–water partition coefficient (Wildman–Crippen LogP) is -0.714. The highest BCUT2D eigenvalue weighted by Gasteiger charge is 2.14. The molecular weight excluding hydrogens is 218 g/mol. The van der Waals surface area contributed by atoms with Crippen molar-refractivity contribution < 1.29 is 4.79 Å². The van der Waals surface area contributed by atoms with Gasteiger partial charge in [0.05, 0.1) is 6.04 Å². The molecule has 0 aliphatic rings. The lowest BCUT2D eigenvalue weighted by Gasteiger charge is -2.15. The molecule has 4 N–H and O–H groups in total. The van der Waals surface area contributed by atoms with E-state index in [1.54, 1.807) is 14.1 Å². The molecule has 0 spiro atoms. The van der Waals surface area contributed by atoms with Crippen LogP contribution in [0.3, 0.4) is 0 Å². The van der Waals surface area contributed by atoms with Gasteiger partial charge in [-0.15, -0.1) is 0 Å². The van der Waals surface area contributed by atoms with Gasteiger partial charge in [-0.05, 0) is 26.8 Å². The zero-order valence-electron chi connectivity index (χ0n) is 11.3. The number of nitrogens with zero attached hydrogens (tertiary/aromatic N) is 1. The predicted molar refractivity (Wildman–Crippen MR) is 71.2 cm³/mol. The molecule has 0 aliphatic carbocycles. The van der Waals surface area contributed by atoms with Crippen LogP contribution < -0.4 is 21.3 Å². The van der Waals surface area contributed by atoms with Gasteiger partial charge in [0.2, 0.25) is 5.91 Å². The second-order valence-corrected chi connectivity index (χ2v) is 3.63. The first-order valence-corrected chi connectivity index (χ1v) is 6.02. The molecule has 17 heavy (non-hydrogen) atoms. The smallest absolute Gasteiger partial charge is 0.237 e. The zero-order valence-corrected chi connectivity index (χ0v) is 11.3. The zero-order chi connectivity index (χ0) is 13.1. The molecule has 100 valence electrons. The lowest BCUT2D eigenvalue weighted by atomic mass is 10.1. The first-order chi connectivity index (χ1) is 8.19. The fourth-order valence-electron chi connectivity index (χ4n) is 1.50. The molecule has 0 saturated heterocycles. The summed E-state index contributed by atoms with van der Waals surface area (Å²) in [6.45, 7) is 3.38. The maximum Gasteiger partial charge on any atom is 0.237 e. The lowest BCUT2D eigenvalue weighted by Crippen LogP contribution is -2.43. The third-order valence-electron chi connectivity index (χ3n) is 2.44. The Morgan fingerprint density at radius 2 is 2.00 bits per heavy atom. The standard InChI is InChI=1S/C11H25N5O/c1-5-15-10(17)9(12-2)7-6-8-16-11(13-3)14-4/h9,12H,5-8H2,1-4H3,(H,15,17)(H2,13,14,16). The Morgan fingerprint density at radius 3 is 2.47 bits per heavy atom. The normalized spacial score (nSPS) is 13.1. The Morgan fingerprint density at radius 1 is 1.29 bits per heavy atom. The second kappa shape index (κ2) is 9.89. The molecule has 0 aromatic rings. The highest BCUT2D eigenvalue weighted by atomic mass is 16.2. The molecule has 0 bridgehead atoms. The van der Waals surface area contributed by atoms with Crippen LogP contribution in [0, 0.1) is 0 Å². The van der Waals surface area contributed by atoms with E-state index >= 15 is 0 Å². The maximum absolute atomic E-state index is 11.6. The van der Waals surface area contributed by atoms with Gasteiger partial charge in [-0.2, -0.15) is 0 Å². The van der Waals surface area contributed by atoms with Crippen LogP contribution >= 0.6 is 0 Å². The van der Waals surface area contributed by atoms with E-state index in [4.69, 9.17) is 0 Å². The number of carbonyl (C=O) groups excluding carboxylic acids is 1. The fourth-order valence-corrected chi connectivity index (χ4v) is 1.50. The van der Waals surface area contributed by atoms with Crippen molar-refractivity contribution in [1.29, 1.82) is 0 Å². The van der Waals surface area contributed by atoms with Gasteiger partial charge >= 0.3 is 0 Å². The highest BCUT2D eigenvalue weighted by Crippen LogP contribution is 1.96. The van der Waals surface area contributed by atoms with Crippen molar-refractivity contribution in [2.75, 3.05) is 34.2 Å². The number of hydrogen-bond donors (Lipinski definition) is 4. The molecule has 6 nitrogen and oxygen atoms in total. The van der Waals surface area contributed by atoms with Crippen molar-refractivity contribution in [3.05, 3.63) is 0 Å². The van der Waals surface area contributed by atoms with Crippen LogP contribution in [0.2, 0.25) is 0 Å². The van der Waals surface area contributed by atoms with Crippen LogP contribution in [-0.4, -0.2) is 52.1 Å². The largest absolute Gasteiger partial charge is 0.359 e. The van der Waals surface area contributed by atoms with Gasteiger partial charge in [-0.3, -0.25) is 9.79 Å². The van der Waals surface area contributed by atoms with E-state index < -0.39 is 0 Å². The van der Waals surface area contributed by atoms with E-state index in [-0.39, 0.29) is 11.9 Å². The minimum Gasteiger partial charge on any atom is -0.359 e. The lowest BCUT2D eigenvalue weighted by molar-refractivity contribution is -0.123. The van der Waals surface area contributed by atoms with E-state index in [1.807, 2.05) is 14.0 Å². The third-order valence-corrected chi connectivity index (χ3v) is 2.44. The molecule has 1 unspecified atom stereocenters. The van der Waals surface area contributed by atoms with Gasteiger partial charge in [0.25, 0.3) is 0 Å². The molecule has 0 aromatic carbocycles. The van der Waals surface area contributed by atoms with E-state index in [9.17, 15) is 4.79 Å². The number of nitrogens with one attached hydrogen (secondary N) is 4. The van der Waals surface area contributed by atoms with Crippen LogP contribution in [0.25, 0.3) is 0 Å². The summed E-state index contributed by atoms with van der Waals surface area (Å²) in [5, 5.41) is 11.9. The topological polar surface area (TPSA) is 77.5 Å². The van der Waals surface area contributed by atoms with Gasteiger partial charge in [0.1, 0.15) is 0 Å². The van der Waals surface area contributed by atoms with Gasteiger partial charge in [-0.25, -0.2) is 0 Å². The SMILES string of the molecule is CCNC(=O)C(CCCNC(=NC)NC)NC. The summed E-state index contributed by atoms with van der Waals surface area (Å²) in [5.74, 6) is 0.831. The third kappa shape index (κ3) is 6.78. The summed E-state index contributed by atoms with van der Waals surface area (Å²) < 4.78 is 0. The van der Waals surface area contributed by atoms with Crippen molar-refractivity contribution in [2.45, 2.75) is 25.8 Å². The summed E-state index contributed by atoms with van der Waals surface area (Å²) in [6.07, 6.45) is 1.71. The van der Waals surface area contributed by atoms with E-state index in [1.165, 1.54) is 0 Å². The quantitative estimate of drug-likeness (QED) is 0.270. The van der Waals surface area contributed by atoms with Crippen LogP contribution in [0.15, 0.2) is 4.99 Å². The summed E-state index contributed by atoms with van der Waals surface area (Å²) in [6, 6.07) is -0.117. The Balaban J connectivity index is 3.81. The molecule has 0 saturated carbocycles. The van der Waals surface area contributed by atoms with Crippen molar-refractivity contribution in [2.24, 2.45) is 4.99 Å². The average Bonchev–Trinajstić information content (AvgIpc) is 2.34. The van der Waals surface area contributed by atoms with E-state index in [0.29, 0.717) is 6.54 Å². The first-order valence-electron chi connectivity index (χ1n) is 6.02. The summed E-state index contributed by atoms with van der Waals surface area (Å²) in [4.78, 5) is 15.6. The molecular formula is C11H25N5O. The minimum atomic E-state index is -0.117. The highest BCUT2D eigenvalue weighted by molar-refractivity contribution is 5.81. The first kappa shape index (κ1) is 15.7. The number of guanidine groups is 1. The minimum absolute atomic E-state index is 0.0630. The Labute approximate surface area is 104 Å². The molecule has 0 fully saturated rings. The van der Waals surface area contributed by atoms with Crippen LogP contribution in [0.5, 0.6) is 0 Å². The van der Waals surface area contributed by atoms with Crippen LogP contribution in [0.1, 0.15) is 19.8 Å². The average molecular weight is 243 g/mol. The number of hydrogen-bond acceptors (Lipinski definition) is 3. The fraction of sp³-hybridized carbons (Fsp3) is 0.818. The molecule has 1 amide bonds. The monoisotopic (exact) mass is 243 g/mol. The van der Waals surface area contributed by atoms with E-state index in [2.05, 4.69) is 26.3 Å². The van der Waals surface area contributed by atoms with Gasteiger partial charge < -0.3 is 21.3 Å². The molecule has 0 rings (SSSR count). The summed E-state index contributed by atoms with van der Waals surface area (Å²) in [5.41, 5.74) is 0. The van der Waals surface area contributed by atoms with Crippen molar-refractivity contribution >= 4 is 11.9 Å². The molecule has 6 heteroatoms. The Bertz CT molecular complexity index is 242. The second-order valence-electron chi connectivity index (χ2n) is 3.63. The molecule has 0 aliphatic heterocycles. The van der Waals surface area contributed by atoms with Crippen molar-refractivity contribution in [1.82, 2.24) is 21.3 Å². The maximum atomic E-state index is 11.6. The summed E-state index contributed by atoms with van der Waals surface area (Å²) in [7, 11) is 5.35. The van der Waals surface area contributed by atoms with Gasteiger partial charge in [0, 0.05) is 27.2 Å². The number of rotatable bonds is 7. The molecule has 0 radical (unpaired) electrons. The van der Waals surface area contributed by atoms with Crippen molar-refractivity contribution in [3.8, 4) is 0 Å². The molecule has 1 atom stereocenters.